The van der Waals surface area contributed by atoms with Gasteiger partial charge in [0.25, 0.3) is 0 Å². The minimum Gasteiger partial charge on any atom is -0.355 e. The molecule has 0 aliphatic heterocycles. The number of nitrogens with zero attached hydrogens (tertiary/aromatic N) is 4. The Hall–Kier alpha value is -2.84. The molecule has 2 aromatic carbocycles. The predicted molar refractivity (Wildman–Crippen MR) is 132 cm³/mol. The topological polar surface area (TPSA) is 72.7 Å². The molecule has 0 fully saturated rings. The third-order valence-electron chi connectivity index (χ3n) is 5.21. The molecule has 1 amide bonds. The van der Waals surface area contributed by atoms with Gasteiger partial charge in [0, 0.05) is 16.8 Å². The summed E-state index contributed by atoms with van der Waals surface area (Å²) >= 11 is 3.09. The molecule has 0 spiro atoms. The maximum Gasteiger partial charge on any atom is 0.230 e. The van der Waals surface area contributed by atoms with Crippen molar-refractivity contribution in [2.24, 2.45) is 0 Å². The Morgan fingerprint density at radius 1 is 1.03 bits per heavy atom. The molecule has 0 saturated heterocycles. The number of aryl methyl sites for hydroxylation is 2. The highest BCUT2D eigenvalue weighted by molar-refractivity contribution is 8.00. The van der Waals surface area contributed by atoms with Crippen LogP contribution >= 0.6 is 23.5 Å². The number of fused-ring (bicyclic) bond motifs is 1. The van der Waals surface area contributed by atoms with E-state index in [-0.39, 0.29) is 11.7 Å². The van der Waals surface area contributed by atoms with Crippen LogP contribution in [0.25, 0.3) is 16.6 Å². The van der Waals surface area contributed by atoms with E-state index in [0.29, 0.717) is 11.6 Å². The normalized spacial score (nSPS) is 11.1. The number of benzene rings is 2. The van der Waals surface area contributed by atoms with Gasteiger partial charge in [0.05, 0.1) is 22.8 Å². The van der Waals surface area contributed by atoms with E-state index < -0.39 is 0 Å². The first-order chi connectivity index (χ1) is 15.6. The van der Waals surface area contributed by atoms with Crippen molar-refractivity contribution in [1.82, 2.24) is 25.3 Å². The molecule has 6 nitrogen and oxygen atoms in total. The Labute approximate surface area is 196 Å². The average molecular weight is 464 g/mol. The van der Waals surface area contributed by atoms with Crippen molar-refractivity contribution in [1.29, 1.82) is 0 Å². The number of carbonyl (C=O) groups excluding carboxylic acids is 1. The van der Waals surface area contributed by atoms with Crippen molar-refractivity contribution in [3.8, 4) is 5.69 Å². The summed E-state index contributed by atoms with van der Waals surface area (Å²) in [5, 5.41) is 18.1. The molecule has 8 heteroatoms. The largest absolute Gasteiger partial charge is 0.355 e. The summed E-state index contributed by atoms with van der Waals surface area (Å²) in [7, 11) is 0. The lowest BCUT2D eigenvalue weighted by atomic mass is 10.1. The molecule has 4 rings (SSSR count). The van der Waals surface area contributed by atoms with Crippen LogP contribution in [0.3, 0.4) is 0 Å². The Balaban J connectivity index is 1.41. The van der Waals surface area contributed by atoms with Gasteiger partial charge in [-0.25, -0.2) is 4.68 Å². The number of amides is 1. The zero-order valence-electron chi connectivity index (χ0n) is 18.3. The van der Waals surface area contributed by atoms with E-state index in [0.717, 1.165) is 34.4 Å². The number of carbonyl (C=O) groups is 1. The van der Waals surface area contributed by atoms with Crippen molar-refractivity contribution >= 4 is 40.3 Å². The second kappa shape index (κ2) is 10.2. The minimum absolute atomic E-state index is 0.0227. The van der Waals surface area contributed by atoms with Crippen LogP contribution in [0.15, 0.2) is 64.5 Å². The molecule has 32 heavy (non-hydrogen) atoms. The Kier molecular flexibility index (Phi) is 7.12. The first kappa shape index (κ1) is 22.4. The second-order valence-electron chi connectivity index (χ2n) is 7.38. The van der Waals surface area contributed by atoms with Crippen LogP contribution in [0.4, 0.5) is 0 Å². The predicted octanol–water partition coefficient (Wildman–Crippen LogP) is 4.61. The first-order valence-corrected chi connectivity index (χ1v) is 12.6. The van der Waals surface area contributed by atoms with Crippen LogP contribution in [0.1, 0.15) is 17.0 Å². The molecule has 0 aliphatic rings. The maximum atomic E-state index is 12.4. The smallest absolute Gasteiger partial charge is 0.230 e. The third-order valence-corrected chi connectivity index (χ3v) is 6.91. The summed E-state index contributed by atoms with van der Waals surface area (Å²) in [6, 6.07) is 18.4. The van der Waals surface area contributed by atoms with Gasteiger partial charge in [-0.2, -0.15) is 10.2 Å². The van der Waals surface area contributed by atoms with E-state index in [4.69, 9.17) is 5.10 Å². The maximum absolute atomic E-state index is 12.4. The van der Waals surface area contributed by atoms with Gasteiger partial charge in [0.15, 0.2) is 0 Å². The van der Waals surface area contributed by atoms with Crippen molar-refractivity contribution < 1.29 is 4.79 Å². The standard InChI is InChI=1S/C24H25N5OS2/c1-16-22-17(2)29(19-7-5-4-6-8-19)28-23(22)24(27-26-16)32-15-21(30)25-14-13-18-9-11-20(31-3)12-10-18/h4-12H,13-15H2,1-3H3,(H,25,30). The Bertz CT molecular complexity index is 1220. The molecule has 0 aliphatic carbocycles. The molecule has 0 bridgehead atoms. The van der Waals surface area contributed by atoms with Crippen LogP contribution in [0, 0.1) is 13.8 Å². The van der Waals surface area contributed by atoms with Crippen LogP contribution in [0.2, 0.25) is 0 Å². The lowest BCUT2D eigenvalue weighted by Crippen LogP contribution is -2.27. The number of hydrogen-bond donors (Lipinski definition) is 1. The highest BCUT2D eigenvalue weighted by Crippen LogP contribution is 2.29. The second-order valence-corrected chi connectivity index (χ2v) is 9.23. The molecule has 0 unspecified atom stereocenters. The minimum atomic E-state index is -0.0227. The first-order valence-electron chi connectivity index (χ1n) is 10.4. The molecule has 1 N–H and O–H groups in total. The molecular weight excluding hydrogens is 438 g/mol. The molecule has 4 aromatic rings. The number of hydrogen-bond acceptors (Lipinski definition) is 6. The number of para-hydroxylation sites is 1. The summed E-state index contributed by atoms with van der Waals surface area (Å²) < 4.78 is 1.91. The summed E-state index contributed by atoms with van der Waals surface area (Å²) in [6.45, 7) is 4.57. The zero-order valence-corrected chi connectivity index (χ0v) is 20.0. The summed E-state index contributed by atoms with van der Waals surface area (Å²) in [5.74, 6) is 0.251. The number of thioether (sulfide) groups is 2. The fourth-order valence-corrected chi connectivity index (χ4v) is 4.70. The lowest BCUT2D eigenvalue weighted by molar-refractivity contribution is -0.118. The summed E-state index contributed by atoms with van der Waals surface area (Å²) in [6.07, 6.45) is 2.87. The lowest BCUT2D eigenvalue weighted by Gasteiger charge is -2.06. The number of rotatable bonds is 8. The highest BCUT2D eigenvalue weighted by atomic mass is 32.2. The Morgan fingerprint density at radius 2 is 1.78 bits per heavy atom. The van der Waals surface area contributed by atoms with Gasteiger partial charge in [-0.15, -0.1) is 16.9 Å². The van der Waals surface area contributed by atoms with Crippen molar-refractivity contribution in [2.45, 2.75) is 30.2 Å². The Morgan fingerprint density at radius 3 is 2.50 bits per heavy atom. The van der Waals surface area contributed by atoms with Crippen LogP contribution in [0.5, 0.6) is 0 Å². The van der Waals surface area contributed by atoms with E-state index in [1.807, 2.05) is 48.9 Å². The van der Waals surface area contributed by atoms with Crippen molar-refractivity contribution in [3.05, 3.63) is 71.5 Å². The summed E-state index contributed by atoms with van der Waals surface area (Å²) in [4.78, 5) is 13.6. The third kappa shape index (κ3) is 4.97. The van der Waals surface area contributed by atoms with Crippen LogP contribution in [-0.4, -0.2) is 44.4 Å². The van der Waals surface area contributed by atoms with Gasteiger partial charge in [-0.3, -0.25) is 4.79 Å². The van der Waals surface area contributed by atoms with Gasteiger partial charge in [0.1, 0.15) is 10.5 Å². The fraction of sp³-hybridized carbons (Fsp3) is 0.250. The van der Waals surface area contributed by atoms with Crippen LogP contribution < -0.4 is 5.32 Å². The average Bonchev–Trinajstić information content (AvgIpc) is 3.18. The van der Waals surface area contributed by atoms with Gasteiger partial charge in [-0.05, 0) is 56.4 Å². The van der Waals surface area contributed by atoms with Crippen molar-refractivity contribution in [2.75, 3.05) is 18.6 Å². The molecule has 2 heterocycles. The van der Waals surface area contributed by atoms with Crippen molar-refractivity contribution in [3.63, 3.8) is 0 Å². The SMILES string of the molecule is CSc1ccc(CCNC(=O)CSc2nnc(C)c3c(C)n(-c4ccccc4)nc23)cc1. The van der Waals surface area contributed by atoms with E-state index in [9.17, 15) is 4.79 Å². The zero-order chi connectivity index (χ0) is 22.5. The monoisotopic (exact) mass is 463 g/mol. The quantitative estimate of drug-likeness (QED) is 0.385. The van der Waals surface area contributed by atoms with E-state index >= 15 is 0 Å². The number of nitrogens with one attached hydrogen (secondary N) is 1. The van der Waals surface area contributed by atoms with E-state index in [2.05, 4.69) is 46.0 Å². The highest BCUT2D eigenvalue weighted by Gasteiger charge is 2.18. The van der Waals surface area contributed by atoms with Gasteiger partial charge < -0.3 is 5.32 Å². The van der Waals surface area contributed by atoms with Crippen LogP contribution in [-0.2, 0) is 11.2 Å². The summed E-state index contributed by atoms with van der Waals surface area (Å²) in [5.41, 5.74) is 4.83. The van der Waals surface area contributed by atoms with E-state index in [1.54, 1.807) is 11.8 Å². The molecule has 2 aromatic heterocycles. The fourth-order valence-electron chi connectivity index (χ4n) is 3.54. The van der Waals surface area contributed by atoms with Gasteiger partial charge in [0.2, 0.25) is 5.91 Å². The molecule has 0 atom stereocenters. The molecular formula is C24H25N5OS2. The number of aromatic nitrogens is 4. The van der Waals surface area contributed by atoms with Gasteiger partial charge >= 0.3 is 0 Å². The molecule has 0 saturated carbocycles. The van der Waals surface area contributed by atoms with E-state index in [1.165, 1.54) is 22.2 Å². The molecule has 0 radical (unpaired) electrons. The van der Waals surface area contributed by atoms with Gasteiger partial charge in [-0.1, -0.05) is 42.1 Å². The molecule has 164 valence electrons.